The minimum atomic E-state index is -1.86. The lowest BCUT2D eigenvalue weighted by atomic mass is 9.79. The zero-order valence-electron chi connectivity index (χ0n) is 38.7. The van der Waals surface area contributed by atoms with Crippen molar-refractivity contribution in [3.05, 3.63) is 60.3 Å². The molecule has 0 bridgehead atoms. The van der Waals surface area contributed by atoms with Gasteiger partial charge in [0.1, 0.15) is 31.0 Å². The van der Waals surface area contributed by atoms with E-state index < -0.39 is 71.7 Å². The molecule has 0 aromatic heterocycles. The maximum absolute atomic E-state index is 12.9. The van der Waals surface area contributed by atoms with E-state index in [1.807, 2.05) is 26.0 Å². The number of aliphatic hydroxyl groups is 5. The Hall–Kier alpha value is -2.31. The van der Waals surface area contributed by atoms with Crippen molar-refractivity contribution in [1.29, 1.82) is 0 Å². The number of ether oxygens (including phenoxy) is 8. The molecule has 5 N–H and O–H groups in total. The van der Waals surface area contributed by atoms with Crippen LogP contribution < -0.4 is 0 Å². The van der Waals surface area contributed by atoms with Gasteiger partial charge in [-0.05, 0) is 101 Å². The Morgan fingerprint density at radius 3 is 2.53 bits per heavy atom. The molecule has 360 valence electrons. The van der Waals surface area contributed by atoms with Crippen molar-refractivity contribution in [2.24, 2.45) is 17.8 Å². The first-order valence-corrected chi connectivity index (χ1v) is 24.0. The van der Waals surface area contributed by atoms with E-state index in [1.54, 1.807) is 6.08 Å². The molecule has 0 radical (unpaired) electrons. The summed E-state index contributed by atoms with van der Waals surface area (Å²) in [5.74, 6) is -3.38. The highest BCUT2D eigenvalue weighted by atomic mass is 16.7. The average Bonchev–Trinajstić information content (AvgIpc) is 3.66. The fourth-order valence-corrected chi connectivity index (χ4v) is 11.1. The first kappa shape index (κ1) is 49.6. The summed E-state index contributed by atoms with van der Waals surface area (Å²) >= 11 is 0. The largest absolute Gasteiger partial charge is 0.459 e. The van der Waals surface area contributed by atoms with Gasteiger partial charge >= 0.3 is 5.97 Å². The zero-order chi connectivity index (χ0) is 46.0. The van der Waals surface area contributed by atoms with E-state index in [9.17, 15) is 25.2 Å². The summed E-state index contributed by atoms with van der Waals surface area (Å²) in [6.07, 6.45) is 12.4. The topological polar surface area (TPSA) is 192 Å². The molecule has 17 atom stereocenters. The third kappa shape index (κ3) is 11.2. The fraction of sp³-hybridized carbons (Fsp3) is 0.780. The Bertz CT molecular complexity index is 1740. The van der Waals surface area contributed by atoms with Crippen molar-refractivity contribution in [1.82, 2.24) is 0 Å². The van der Waals surface area contributed by atoms with Crippen molar-refractivity contribution in [2.75, 3.05) is 19.8 Å². The Kier molecular flexibility index (Phi) is 15.9. The number of fused-ring (bicyclic) bond motifs is 1. The molecule has 7 aliphatic rings. The van der Waals surface area contributed by atoms with Crippen LogP contribution in [0.2, 0.25) is 0 Å². The molecule has 0 aliphatic carbocycles. The number of esters is 1. The van der Waals surface area contributed by atoms with E-state index in [-0.39, 0.29) is 49.8 Å². The fourth-order valence-electron chi connectivity index (χ4n) is 11.1. The Balaban J connectivity index is 0.903. The molecule has 14 nitrogen and oxygen atoms in total. The molecule has 3 spiro atoms. The van der Waals surface area contributed by atoms with Gasteiger partial charge in [0.15, 0.2) is 17.2 Å². The lowest BCUT2D eigenvalue weighted by Gasteiger charge is -2.50. The Labute approximate surface area is 379 Å². The standard InChI is InChI=1S/C50H76O14/c1-30(11-10-23-51)29-57-46(55)47(7,56)28-37-14-15-41(53)50(61-37)27-31(2)25-40(62-50)32(3)12-13-36-17-21-49(60-36)22-18-39-45(64-49)42(54)35(6)44(59-39)38(52)26-34(5)43-33(4)16-20-48(63-43)19-8-9-24-58-48/h10-13,27,32-34,36-45,51-54,56H,1,6,8-9,14-26,28-29H2,2-5,7H3/b11-10+,13-12+/t32-,33-,34+,36+,37+,38+,39-,40+,41-,42-,43+,44+,45-,47-,48+,49-,50-/m1/s1. The summed E-state index contributed by atoms with van der Waals surface area (Å²) in [7, 11) is 0. The number of carbonyl (C=O) groups excluding carboxylic acids is 1. The first-order chi connectivity index (χ1) is 30.4. The van der Waals surface area contributed by atoms with E-state index in [0.29, 0.717) is 62.0 Å². The highest BCUT2D eigenvalue weighted by molar-refractivity contribution is 5.79. The molecule has 7 heterocycles. The van der Waals surface area contributed by atoms with Crippen LogP contribution >= 0.6 is 0 Å². The molecule has 0 unspecified atom stereocenters. The van der Waals surface area contributed by atoms with Crippen molar-refractivity contribution < 1.29 is 68.2 Å². The van der Waals surface area contributed by atoms with Crippen molar-refractivity contribution in [3.63, 3.8) is 0 Å². The predicted octanol–water partition coefficient (Wildman–Crippen LogP) is 5.78. The second-order valence-corrected chi connectivity index (χ2v) is 20.4. The Morgan fingerprint density at radius 2 is 1.78 bits per heavy atom. The van der Waals surface area contributed by atoms with Gasteiger partial charge in [-0.25, -0.2) is 4.79 Å². The van der Waals surface area contributed by atoms with Crippen LogP contribution in [0.1, 0.15) is 125 Å². The predicted molar refractivity (Wildman–Crippen MR) is 236 cm³/mol. The molecule has 0 amide bonds. The van der Waals surface area contributed by atoms with Crippen molar-refractivity contribution in [2.45, 2.75) is 209 Å². The van der Waals surface area contributed by atoms with Gasteiger partial charge in [0.25, 0.3) is 0 Å². The van der Waals surface area contributed by atoms with Gasteiger partial charge in [-0.3, -0.25) is 0 Å². The average molecular weight is 901 g/mol. The monoisotopic (exact) mass is 901 g/mol. The highest BCUT2D eigenvalue weighted by Gasteiger charge is 2.55. The molecule has 0 saturated carbocycles. The van der Waals surface area contributed by atoms with Gasteiger partial charge in [-0.2, -0.15) is 0 Å². The number of carbonyl (C=O) groups is 1. The third-order valence-electron chi connectivity index (χ3n) is 14.8. The number of hydrogen-bond acceptors (Lipinski definition) is 14. The first-order valence-electron chi connectivity index (χ1n) is 24.0. The van der Waals surface area contributed by atoms with Gasteiger partial charge in [-0.15, -0.1) is 0 Å². The molecule has 6 fully saturated rings. The van der Waals surface area contributed by atoms with Gasteiger partial charge in [0, 0.05) is 38.0 Å². The van der Waals surface area contributed by atoms with Crippen LogP contribution in [0.4, 0.5) is 0 Å². The van der Waals surface area contributed by atoms with Gasteiger partial charge in [-0.1, -0.05) is 63.8 Å². The van der Waals surface area contributed by atoms with Gasteiger partial charge in [0.2, 0.25) is 5.79 Å². The van der Waals surface area contributed by atoms with Gasteiger partial charge < -0.3 is 63.4 Å². The quantitative estimate of drug-likeness (QED) is 0.0801. The smallest absolute Gasteiger partial charge is 0.338 e. The van der Waals surface area contributed by atoms with Crippen LogP contribution in [0.5, 0.6) is 0 Å². The summed E-state index contributed by atoms with van der Waals surface area (Å²) in [4.78, 5) is 12.9. The number of aliphatic hydroxyl groups excluding tert-OH is 4. The molecule has 0 aromatic carbocycles. The minimum Gasteiger partial charge on any atom is -0.459 e. The molecule has 7 aliphatic heterocycles. The lowest BCUT2D eigenvalue weighted by molar-refractivity contribution is -0.321. The summed E-state index contributed by atoms with van der Waals surface area (Å²) in [5, 5.41) is 54.6. The SMILES string of the molecule is C=C(/C=C/CO)COC(=O)[C@](C)(O)C[C@@H]1CC[C@@H](O)[C@]2(C=C(C)C[C@@H]([C@H](C)/C=C/[C@H]3CC[C@@]4(CC[C@H]5O[C@H]([C@@H](O)C[C@H](C)[C@H]6O[C@@]7(CCCCO7)CC[C@H]6C)C(=C)[C@@H](O)[C@@H]5O4)O3)O2)O1. The van der Waals surface area contributed by atoms with Crippen molar-refractivity contribution >= 4 is 5.97 Å². The van der Waals surface area contributed by atoms with E-state index in [2.05, 4.69) is 33.1 Å². The van der Waals surface area contributed by atoms with Gasteiger partial charge in [0.05, 0.1) is 49.8 Å². The van der Waals surface area contributed by atoms with Crippen LogP contribution in [0.3, 0.4) is 0 Å². The molecule has 6 saturated heterocycles. The summed E-state index contributed by atoms with van der Waals surface area (Å²) in [6, 6.07) is 0. The van der Waals surface area contributed by atoms with Crippen LogP contribution in [0, 0.1) is 17.8 Å². The highest BCUT2D eigenvalue weighted by Crippen LogP contribution is 2.47. The second-order valence-electron chi connectivity index (χ2n) is 20.4. The third-order valence-corrected chi connectivity index (χ3v) is 14.8. The Morgan fingerprint density at radius 1 is 1.02 bits per heavy atom. The van der Waals surface area contributed by atoms with Crippen LogP contribution in [-0.2, 0) is 42.7 Å². The van der Waals surface area contributed by atoms with E-state index >= 15 is 0 Å². The van der Waals surface area contributed by atoms with E-state index in [1.165, 1.54) is 13.0 Å². The second kappa shape index (κ2) is 20.5. The van der Waals surface area contributed by atoms with Crippen molar-refractivity contribution in [3.8, 4) is 0 Å². The maximum atomic E-state index is 12.9. The molecule has 14 heteroatoms. The number of hydrogen-bond donors (Lipinski definition) is 5. The molecular formula is C50H76O14. The molecule has 7 rings (SSSR count). The number of rotatable bonds is 14. The summed E-state index contributed by atoms with van der Waals surface area (Å²) in [6.45, 7) is 18.2. The molecular weight excluding hydrogens is 825 g/mol. The molecule has 64 heavy (non-hydrogen) atoms. The van der Waals surface area contributed by atoms with E-state index in [4.69, 9.17) is 43.0 Å². The van der Waals surface area contributed by atoms with E-state index in [0.717, 1.165) is 50.7 Å². The van der Waals surface area contributed by atoms with Crippen LogP contribution in [0.15, 0.2) is 60.3 Å². The normalized spacial score (nSPS) is 41.8. The van der Waals surface area contributed by atoms with Crippen LogP contribution in [-0.4, -0.2) is 135 Å². The summed E-state index contributed by atoms with van der Waals surface area (Å²) in [5.41, 5.74) is 0.0125. The zero-order valence-corrected chi connectivity index (χ0v) is 38.7. The minimum absolute atomic E-state index is 0.0442. The maximum Gasteiger partial charge on any atom is 0.338 e. The lowest BCUT2D eigenvalue weighted by Crippen LogP contribution is -2.60. The summed E-state index contributed by atoms with van der Waals surface area (Å²) < 4.78 is 50.9. The van der Waals surface area contributed by atoms with Crippen LogP contribution in [0.25, 0.3) is 0 Å². The molecule has 0 aromatic rings.